The van der Waals surface area contributed by atoms with E-state index in [0.717, 1.165) is 35.3 Å². The Bertz CT molecular complexity index is 70.6. The molecule has 0 aromatic heterocycles. The van der Waals surface area contributed by atoms with E-state index >= 15 is 0 Å². The van der Waals surface area contributed by atoms with Gasteiger partial charge < -0.3 is 4.43 Å². The first-order valence-electron chi connectivity index (χ1n) is 3.86. The van der Waals surface area contributed by atoms with Crippen molar-refractivity contribution in [1.82, 2.24) is 0 Å². The van der Waals surface area contributed by atoms with Crippen molar-refractivity contribution in [3.63, 3.8) is 0 Å². The van der Waals surface area contributed by atoms with Crippen LogP contribution in [-0.2, 0) is 4.43 Å². The molecule has 0 saturated carbocycles. The fourth-order valence-electron chi connectivity index (χ4n) is 0.955. The topological polar surface area (TPSA) is 9.23 Å². The number of unbranched alkanes of at least 4 members (excludes halogenated alkanes) is 1. The Balaban J connectivity index is 2.97. The number of hydrogen-bond donors (Lipinski definition) is 0. The van der Waals surface area contributed by atoms with E-state index in [4.69, 9.17) is 16.0 Å². The first kappa shape index (κ1) is 10.5. The Labute approximate surface area is 71.6 Å². The van der Waals surface area contributed by atoms with Crippen molar-refractivity contribution < 1.29 is 4.43 Å². The van der Waals surface area contributed by atoms with Gasteiger partial charge in [-0.1, -0.05) is 13.3 Å². The van der Waals surface area contributed by atoms with Crippen molar-refractivity contribution in [2.24, 2.45) is 5.92 Å². The Morgan fingerprint density at radius 1 is 1.50 bits per heavy atom. The number of alkyl halides is 1. The van der Waals surface area contributed by atoms with E-state index < -0.39 is 0 Å². The summed E-state index contributed by atoms with van der Waals surface area (Å²) in [6, 6.07) is 0. The quantitative estimate of drug-likeness (QED) is 0.341. The molecule has 1 unspecified atom stereocenters. The van der Waals surface area contributed by atoms with Crippen LogP contribution in [0.2, 0.25) is 0 Å². The predicted octanol–water partition coefficient (Wildman–Crippen LogP) is 1.33. The van der Waals surface area contributed by atoms with E-state index in [2.05, 4.69) is 6.92 Å². The van der Waals surface area contributed by atoms with Gasteiger partial charge in [-0.3, -0.25) is 0 Å². The molecule has 0 heterocycles. The zero-order chi connectivity index (χ0) is 7.82. The van der Waals surface area contributed by atoms with Gasteiger partial charge in [0.1, 0.15) is 10.5 Å². The lowest BCUT2D eigenvalue weighted by atomic mass is 10.1. The van der Waals surface area contributed by atoms with Gasteiger partial charge >= 0.3 is 0 Å². The molecule has 0 aliphatic heterocycles. The SMILES string of the molecule is CC(CCCCCl)CO[SiH3]. The van der Waals surface area contributed by atoms with Crippen molar-refractivity contribution in [2.75, 3.05) is 12.5 Å². The normalized spacial score (nSPS) is 13.8. The molecule has 0 rings (SSSR count). The van der Waals surface area contributed by atoms with Gasteiger partial charge in [-0.25, -0.2) is 0 Å². The maximum absolute atomic E-state index is 5.54. The molecule has 0 aliphatic carbocycles. The lowest BCUT2D eigenvalue weighted by Crippen LogP contribution is -2.03. The Hall–Kier alpha value is 0.467. The molecule has 62 valence electrons. The zero-order valence-corrected chi connectivity index (χ0v) is 9.66. The molecule has 0 fully saturated rings. The number of halogens is 1. The third kappa shape index (κ3) is 6.58. The van der Waals surface area contributed by atoms with Crippen molar-refractivity contribution in [1.29, 1.82) is 0 Å². The van der Waals surface area contributed by atoms with Gasteiger partial charge in [-0.05, 0) is 18.8 Å². The van der Waals surface area contributed by atoms with Crippen molar-refractivity contribution in [3.8, 4) is 0 Å². The van der Waals surface area contributed by atoms with E-state index in [1.54, 1.807) is 0 Å². The van der Waals surface area contributed by atoms with Crippen molar-refractivity contribution in [2.45, 2.75) is 26.2 Å². The molecule has 0 N–H and O–H groups in total. The summed E-state index contributed by atoms with van der Waals surface area (Å²) in [5.41, 5.74) is 0. The van der Waals surface area contributed by atoms with Crippen LogP contribution in [0.25, 0.3) is 0 Å². The molecule has 0 aliphatic rings. The third-order valence-electron chi connectivity index (χ3n) is 1.53. The minimum absolute atomic E-state index is 0.723. The molecule has 1 atom stereocenters. The highest BCUT2D eigenvalue weighted by atomic mass is 35.5. The summed E-state index contributed by atoms with van der Waals surface area (Å²) in [5.74, 6) is 1.52. The lowest BCUT2D eigenvalue weighted by molar-refractivity contribution is 0.270. The maximum atomic E-state index is 5.54. The van der Waals surface area contributed by atoms with Crippen LogP contribution in [0.1, 0.15) is 26.2 Å². The second-order valence-corrected chi connectivity index (χ2v) is 3.70. The highest BCUT2D eigenvalue weighted by Crippen LogP contribution is 2.07. The van der Waals surface area contributed by atoms with E-state index in [0.29, 0.717) is 0 Å². The first-order chi connectivity index (χ1) is 4.81. The van der Waals surface area contributed by atoms with Gasteiger partial charge in [0.15, 0.2) is 0 Å². The largest absolute Gasteiger partial charge is 0.428 e. The monoisotopic (exact) mass is 180 g/mol. The fourth-order valence-corrected chi connectivity index (χ4v) is 1.71. The maximum Gasteiger partial charge on any atom is 0.145 e. The van der Waals surface area contributed by atoms with Gasteiger partial charge in [0, 0.05) is 12.5 Å². The fraction of sp³-hybridized carbons (Fsp3) is 1.00. The molecule has 3 heteroatoms. The van der Waals surface area contributed by atoms with Gasteiger partial charge in [-0.15, -0.1) is 11.6 Å². The van der Waals surface area contributed by atoms with Crippen LogP contribution < -0.4 is 0 Å². The average molecular weight is 181 g/mol. The van der Waals surface area contributed by atoms with E-state index in [1.807, 2.05) is 0 Å². The summed E-state index contributed by atoms with van der Waals surface area (Å²) in [5, 5.41) is 0. The summed E-state index contributed by atoms with van der Waals surface area (Å²) >= 11 is 5.54. The summed E-state index contributed by atoms with van der Waals surface area (Å²) in [6.45, 7) is 3.17. The first-order valence-corrected chi connectivity index (χ1v) is 5.21. The predicted molar refractivity (Wildman–Crippen MR) is 49.6 cm³/mol. The van der Waals surface area contributed by atoms with Crippen LogP contribution in [0.4, 0.5) is 0 Å². The standard InChI is InChI=1S/C7H17ClOSi/c1-7(6-9-10)4-2-3-5-8/h7H,2-6H2,1,10H3. The minimum Gasteiger partial charge on any atom is -0.428 e. The van der Waals surface area contributed by atoms with E-state index in [1.165, 1.54) is 12.8 Å². The van der Waals surface area contributed by atoms with Crippen LogP contribution >= 0.6 is 11.6 Å². The Morgan fingerprint density at radius 3 is 2.70 bits per heavy atom. The van der Waals surface area contributed by atoms with E-state index in [-0.39, 0.29) is 0 Å². The van der Waals surface area contributed by atoms with Crippen LogP contribution in [0.15, 0.2) is 0 Å². The Kier molecular flexibility index (Phi) is 7.93. The number of rotatable bonds is 6. The van der Waals surface area contributed by atoms with Gasteiger partial charge in [0.2, 0.25) is 0 Å². The summed E-state index contributed by atoms with van der Waals surface area (Å²) < 4.78 is 5.14. The molecular weight excluding hydrogens is 164 g/mol. The van der Waals surface area contributed by atoms with Crippen molar-refractivity contribution >= 4 is 22.1 Å². The zero-order valence-electron chi connectivity index (χ0n) is 6.90. The highest BCUT2D eigenvalue weighted by Gasteiger charge is 1.98. The van der Waals surface area contributed by atoms with Gasteiger partial charge in [-0.2, -0.15) is 0 Å². The molecule has 0 spiro atoms. The summed E-state index contributed by atoms with van der Waals surface area (Å²) in [7, 11) is 0.870. The van der Waals surface area contributed by atoms with Crippen LogP contribution in [0.5, 0.6) is 0 Å². The molecule has 0 aromatic carbocycles. The van der Waals surface area contributed by atoms with Crippen LogP contribution in [0, 0.1) is 5.92 Å². The molecule has 0 bridgehead atoms. The average Bonchev–Trinajstić information content (AvgIpc) is 1.89. The molecular formula is C7H17ClOSi. The van der Waals surface area contributed by atoms with Crippen LogP contribution in [0.3, 0.4) is 0 Å². The molecule has 0 aromatic rings. The highest BCUT2D eigenvalue weighted by molar-refractivity contribution is 6.17. The smallest absolute Gasteiger partial charge is 0.145 e. The lowest BCUT2D eigenvalue weighted by Gasteiger charge is -2.08. The second-order valence-electron chi connectivity index (χ2n) is 2.75. The molecule has 0 amide bonds. The third-order valence-corrected chi connectivity index (χ3v) is 2.13. The Morgan fingerprint density at radius 2 is 2.20 bits per heavy atom. The number of hydrogen-bond acceptors (Lipinski definition) is 1. The van der Waals surface area contributed by atoms with Gasteiger partial charge in [0.05, 0.1) is 0 Å². The van der Waals surface area contributed by atoms with Gasteiger partial charge in [0.25, 0.3) is 0 Å². The van der Waals surface area contributed by atoms with Crippen molar-refractivity contribution in [3.05, 3.63) is 0 Å². The summed E-state index contributed by atoms with van der Waals surface area (Å²) in [6.07, 6.45) is 3.65. The minimum atomic E-state index is 0.723. The van der Waals surface area contributed by atoms with Crippen LogP contribution in [-0.4, -0.2) is 23.0 Å². The second kappa shape index (κ2) is 7.57. The molecule has 1 nitrogen and oxygen atoms in total. The summed E-state index contributed by atoms with van der Waals surface area (Å²) in [4.78, 5) is 0. The van der Waals surface area contributed by atoms with E-state index in [9.17, 15) is 0 Å². The molecule has 0 radical (unpaired) electrons. The molecule has 10 heavy (non-hydrogen) atoms. The molecule has 0 saturated heterocycles.